The van der Waals surface area contributed by atoms with Crippen LogP contribution in [0.5, 0.6) is 0 Å². The predicted molar refractivity (Wildman–Crippen MR) is 111 cm³/mol. The standard InChI is InChI=1S/C25H12F2O3/c26-15-3-7-21-19(11-15)17-5-1-13(9-23(17)29-21)25(28)14-2-6-18-20-12-16(27)4-8-22(20)30-24(18)10-14/h1-12H. The van der Waals surface area contributed by atoms with E-state index in [0.29, 0.717) is 44.2 Å². The van der Waals surface area contributed by atoms with Crippen molar-refractivity contribution in [2.45, 2.75) is 0 Å². The number of hydrogen-bond acceptors (Lipinski definition) is 3. The van der Waals surface area contributed by atoms with E-state index in [1.807, 2.05) is 0 Å². The first-order chi connectivity index (χ1) is 14.6. The lowest BCUT2D eigenvalue weighted by Crippen LogP contribution is -2.00. The second kappa shape index (κ2) is 6.00. The van der Waals surface area contributed by atoms with E-state index >= 15 is 0 Å². The van der Waals surface area contributed by atoms with E-state index in [2.05, 4.69) is 0 Å². The highest BCUT2D eigenvalue weighted by atomic mass is 19.1. The van der Waals surface area contributed by atoms with Gasteiger partial charge in [-0.2, -0.15) is 0 Å². The molecule has 0 amide bonds. The van der Waals surface area contributed by atoms with Crippen LogP contribution >= 0.6 is 0 Å². The first-order valence-corrected chi connectivity index (χ1v) is 9.35. The van der Waals surface area contributed by atoms with Crippen molar-refractivity contribution in [3.05, 3.63) is 95.6 Å². The van der Waals surface area contributed by atoms with Gasteiger partial charge >= 0.3 is 0 Å². The zero-order valence-electron chi connectivity index (χ0n) is 15.4. The van der Waals surface area contributed by atoms with Gasteiger partial charge in [-0.3, -0.25) is 4.79 Å². The van der Waals surface area contributed by atoms with Crippen LogP contribution in [0, 0.1) is 11.6 Å². The third kappa shape index (κ3) is 2.45. The minimum Gasteiger partial charge on any atom is -0.456 e. The Labute approximate surface area is 168 Å². The topological polar surface area (TPSA) is 43.4 Å². The minimum absolute atomic E-state index is 0.197. The molecule has 2 heterocycles. The van der Waals surface area contributed by atoms with Gasteiger partial charge in [0.05, 0.1) is 0 Å². The first-order valence-electron chi connectivity index (χ1n) is 9.35. The Morgan fingerprint density at radius 1 is 0.533 bits per heavy atom. The maximum absolute atomic E-state index is 13.6. The SMILES string of the molecule is O=C(c1ccc2c(c1)oc1ccc(F)cc12)c1ccc2c(c1)oc1ccc(F)cc12. The number of carbonyl (C=O) groups is 1. The molecule has 0 fully saturated rings. The second-order valence-electron chi connectivity index (χ2n) is 7.24. The van der Waals surface area contributed by atoms with Crippen molar-refractivity contribution >= 4 is 49.7 Å². The number of furan rings is 2. The van der Waals surface area contributed by atoms with Gasteiger partial charge in [-0.05, 0) is 60.7 Å². The van der Waals surface area contributed by atoms with Crippen molar-refractivity contribution in [3.63, 3.8) is 0 Å². The lowest BCUT2D eigenvalue weighted by atomic mass is 10.0. The number of carbonyl (C=O) groups excluding carboxylic acids is 1. The molecule has 6 rings (SSSR count). The molecule has 3 nitrogen and oxygen atoms in total. The Bertz CT molecular complexity index is 1520. The second-order valence-corrected chi connectivity index (χ2v) is 7.24. The van der Waals surface area contributed by atoms with Crippen molar-refractivity contribution in [3.8, 4) is 0 Å². The average molecular weight is 398 g/mol. The van der Waals surface area contributed by atoms with Crippen LogP contribution in [-0.2, 0) is 0 Å². The monoisotopic (exact) mass is 398 g/mol. The molecule has 30 heavy (non-hydrogen) atoms. The van der Waals surface area contributed by atoms with Gasteiger partial charge in [-0.1, -0.05) is 12.1 Å². The van der Waals surface area contributed by atoms with Crippen LogP contribution in [0.3, 0.4) is 0 Å². The molecule has 0 spiro atoms. The first kappa shape index (κ1) is 16.9. The smallest absolute Gasteiger partial charge is 0.193 e. The summed E-state index contributed by atoms with van der Waals surface area (Å²) in [5.41, 5.74) is 3.05. The molecule has 6 aromatic rings. The van der Waals surface area contributed by atoms with E-state index in [-0.39, 0.29) is 17.4 Å². The molecule has 0 N–H and O–H groups in total. The number of halogens is 2. The van der Waals surface area contributed by atoms with Gasteiger partial charge in [0, 0.05) is 32.7 Å². The van der Waals surface area contributed by atoms with E-state index in [0.717, 1.165) is 10.8 Å². The Hall–Kier alpha value is -3.99. The molecule has 4 aromatic carbocycles. The summed E-state index contributed by atoms with van der Waals surface area (Å²) in [6.07, 6.45) is 0. The zero-order chi connectivity index (χ0) is 20.4. The van der Waals surface area contributed by atoms with Crippen molar-refractivity contribution in [1.29, 1.82) is 0 Å². The van der Waals surface area contributed by atoms with Crippen molar-refractivity contribution in [1.82, 2.24) is 0 Å². The normalized spacial score (nSPS) is 11.8. The maximum Gasteiger partial charge on any atom is 0.193 e. The Balaban J connectivity index is 1.46. The summed E-state index contributed by atoms with van der Waals surface area (Å²) in [6, 6.07) is 18.9. The fourth-order valence-electron chi connectivity index (χ4n) is 3.95. The lowest BCUT2D eigenvalue weighted by Gasteiger charge is -2.02. The number of hydrogen-bond donors (Lipinski definition) is 0. The van der Waals surface area contributed by atoms with Crippen LogP contribution in [0.2, 0.25) is 0 Å². The summed E-state index contributed by atoms with van der Waals surface area (Å²) < 4.78 is 38.7. The van der Waals surface area contributed by atoms with Crippen molar-refractivity contribution < 1.29 is 22.4 Å². The molecule has 0 aliphatic rings. The summed E-state index contributed by atoms with van der Waals surface area (Å²) in [6.45, 7) is 0. The molecule has 2 aromatic heterocycles. The van der Waals surface area contributed by atoms with Crippen LogP contribution < -0.4 is 0 Å². The Kier molecular flexibility index (Phi) is 3.39. The van der Waals surface area contributed by atoms with Gasteiger partial charge < -0.3 is 8.83 Å². The van der Waals surface area contributed by atoms with E-state index in [1.54, 1.807) is 48.5 Å². The van der Waals surface area contributed by atoms with Gasteiger partial charge in [-0.15, -0.1) is 0 Å². The molecule has 0 atom stereocenters. The van der Waals surface area contributed by atoms with E-state index < -0.39 is 0 Å². The van der Waals surface area contributed by atoms with Crippen LogP contribution in [0.25, 0.3) is 43.9 Å². The molecule has 0 saturated heterocycles. The van der Waals surface area contributed by atoms with Gasteiger partial charge in [0.2, 0.25) is 0 Å². The van der Waals surface area contributed by atoms with Crippen molar-refractivity contribution in [2.75, 3.05) is 0 Å². The van der Waals surface area contributed by atoms with Crippen LogP contribution in [0.1, 0.15) is 15.9 Å². The highest BCUT2D eigenvalue weighted by Crippen LogP contribution is 2.32. The molecule has 0 saturated carbocycles. The Morgan fingerprint density at radius 3 is 1.47 bits per heavy atom. The molecular weight excluding hydrogens is 386 g/mol. The molecule has 0 bridgehead atoms. The van der Waals surface area contributed by atoms with Crippen LogP contribution in [-0.4, -0.2) is 5.78 Å². The maximum atomic E-state index is 13.6. The molecule has 0 aliphatic heterocycles. The van der Waals surface area contributed by atoms with Crippen molar-refractivity contribution in [2.24, 2.45) is 0 Å². The lowest BCUT2D eigenvalue weighted by molar-refractivity contribution is 0.103. The quantitative estimate of drug-likeness (QED) is 0.295. The molecule has 0 aliphatic carbocycles. The summed E-state index contributed by atoms with van der Waals surface area (Å²) in [7, 11) is 0. The third-order valence-electron chi connectivity index (χ3n) is 5.39. The number of benzene rings is 4. The Morgan fingerprint density at radius 2 is 1.00 bits per heavy atom. The molecule has 144 valence electrons. The summed E-state index contributed by atoms with van der Waals surface area (Å²) >= 11 is 0. The summed E-state index contributed by atoms with van der Waals surface area (Å²) in [5.74, 6) is -0.884. The van der Waals surface area contributed by atoms with Gasteiger partial charge in [-0.25, -0.2) is 8.78 Å². The zero-order valence-corrected chi connectivity index (χ0v) is 15.4. The largest absolute Gasteiger partial charge is 0.456 e. The van der Waals surface area contributed by atoms with Gasteiger partial charge in [0.1, 0.15) is 34.0 Å². The van der Waals surface area contributed by atoms with Gasteiger partial charge in [0.25, 0.3) is 0 Å². The highest BCUT2D eigenvalue weighted by Gasteiger charge is 2.16. The number of fused-ring (bicyclic) bond motifs is 6. The predicted octanol–water partition coefficient (Wildman–Crippen LogP) is 6.99. The fraction of sp³-hybridized carbons (Fsp3) is 0. The summed E-state index contributed by atoms with van der Waals surface area (Å²) in [5, 5.41) is 2.83. The molecule has 5 heteroatoms. The third-order valence-corrected chi connectivity index (χ3v) is 5.39. The van der Waals surface area contributed by atoms with Crippen LogP contribution in [0.15, 0.2) is 81.6 Å². The van der Waals surface area contributed by atoms with Crippen LogP contribution in [0.4, 0.5) is 8.78 Å². The van der Waals surface area contributed by atoms with E-state index in [9.17, 15) is 13.6 Å². The number of rotatable bonds is 2. The highest BCUT2D eigenvalue weighted by molar-refractivity contribution is 6.15. The molecule has 0 radical (unpaired) electrons. The van der Waals surface area contributed by atoms with E-state index in [4.69, 9.17) is 8.83 Å². The average Bonchev–Trinajstić information content (AvgIpc) is 3.29. The minimum atomic E-state index is -0.343. The molecular formula is C25H12F2O3. The number of ketones is 1. The molecule has 0 unspecified atom stereocenters. The van der Waals surface area contributed by atoms with Gasteiger partial charge in [0.15, 0.2) is 5.78 Å². The summed E-state index contributed by atoms with van der Waals surface area (Å²) in [4.78, 5) is 13.1. The fourth-order valence-corrected chi connectivity index (χ4v) is 3.95. The van der Waals surface area contributed by atoms with E-state index in [1.165, 1.54) is 24.3 Å².